The molecule has 0 amide bonds. The lowest BCUT2D eigenvalue weighted by molar-refractivity contribution is 0.345. The van der Waals surface area contributed by atoms with Gasteiger partial charge in [0.05, 0.1) is 19.2 Å². The third kappa shape index (κ3) is 3.07. The molecule has 1 aromatic rings. The Bertz CT molecular complexity index is 445. The summed E-state index contributed by atoms with van der Waals surface area (Å²) in [4.78, 5) is 0. The second kappa shape index (κ2) is 6.35. The van der Waals surface area contributed by atoms with Gasteiger partial charge in [0.15, 0.2) is 11.5 Å². The maximum atomic E-state index is 10.1. The van der Waals surface area contributed by atoms with Gasteiger partial charge < -0.3 is 19.9 Å². The van der Waals surface area contributed by atoms with Gasteiger partial charge in [0.2, 0.25) is 0 Å². The number of halogens is 1. The van der Waals surface area contributed by atoms with Crippen molar-refractivity contribution in [2.45, 2.75) is 19.3 Å². The highest BCUT2D eigenvalue weighted by molar-refractivity contribution is 6.33. The van der Waals surface area contributed by atoms with Gasteiger partial charge in [-0.2, -0.15) is 0 Å². The molecule has 0 radical (unpaired) electrons. The van der Waals surface area contributed by atoms with Crippen molar-refractivity contribution in [2.24, 2.45) is 5.92 Å². The van der Waals surface area contributed by atoms with Crippen molar-refractivity contribution in [3.05, 3.63) is 16.7 Å². The molecule has 5 heteroatoms. The highest BCUT2D eigenvalue weighted by Gasteiger charge is 2.22. The Kier molecular flexibility index (Phi) is 4.77. The average Bonchev–Trinajstić information content (AvgIpc) is 2.44. The zero-order chi connectivity index (χ0) is 13.8. The summed E-state index contributed by atoms with van der Waals surface area (Å²) >= 11 is 6.33. The fraction of sp³-hybridized carbons (Fsp3) is 0.571. The molecule has 2 N–H and O–H groups in total. The minimum Gasteiger partial charge on any atom is -0.507 e. The molecule has 1 fully saturated rings. The first kappa shape index (κ1) is 14.3. The number of hydrogen-bond donors (Lipinski definition) is 2. The number of phenolic OH excluding ortho intramolecular Hbond substituents is 1. The van der Waals surface area contributed by atoms with Gasteiger partial charge in [-0.3, -0.25) is 0 Å². The summed E-state index contributed by atoms with van der Waals surface area (Å²) in [5, 5.41) is 13.9. The van der Waals surface area contributed by atoms with E-state index in [0.717, 1.165) is 37.9 Å². The minimum atomic E-state index is 0.174. The van der Waals surface area contributed by atoms with Crippen molar-refractivity contribution in [3.63, 3.8) is 0 Å². The van der Waals surface area contributed by atoms with Crippen LogP contribution in [0.3, 0.4) is 0 Å². The van der Waals surface area contributed by atoms with Crippen molar-refractivity contribution in [1.82, 2.24) is 5.32 Å². The van der Waals surface area contributed by atoms with E-state index in [4.69, 9.17) is 21.1 Å². The van der Waals surface area contributed by atoms with Gasteiger partial charge >= 0.3 is 0 Å². The first-order valence-corrected chi connectivity index (χ1v) is 6.88. The molecule has 1 saturated heterocycles. The van der Waals surface area contributed by atoms with Crippen LogP contribution in [-0.4, -0.2) is 32.4 Å². The molecule has 2 rings (SSSR count). The van der Waals surface area contributed by atoms with Crippen molar-refractivity contribution in [2.75, 3.05) is 27.3 Å². The molecule has 1 aromatic carbocycles. The van der Waals surface area contributed by atoms with E-state index in [-0.39, 0.29) is 5.75 Å². The summed E-state index contributed by atoms with van der Waals surface area (Å²) in [5.41, 5.74) is 0.744. The smallest absolute Gasteiger partial charge is 0.179 e. The number of rotatable bonds is 4. The second-order valence-electron chi connectivity index (χ2n) is 4.84. The molecule has 0 spiro atoms. The Morgan fingerprint density at radius 1 is 1.42 bits per heavy atom. The van der Waals surface area contributed by atoms with E-state index in [1.54, 1.807) is 13.2 Å². The number of benzene rings is 1. The lowest BCUT2D eigenvalue weighted by Gasteiger charge is -2.24. The van der Waals surface area contributed by atoms with Gasteiger partial charge in [0, 0.05) is 11.6 Å². The summed E-state index contributed by atoms with van der Waals surface area (Å²) in [7, 11) is 3.07. The molecule has 0 bridgehead atoms. The lowest BCUT2D eigenvalue weighted by atomic mass is 9.91. The van der Waals surface area contributed by atoms with Gasteiger partial charge in [0.25, 0.3) is 0 Å². The maximum Gasteiger partial charge on any atom is 0.179 e. The fourth-order valence-corrected chi connectivity index (χ4v) is 2.90. The normalized spacial score (nSPS) is 19.2. The Morgan fingerprint density at radius 3 is 2.79 bits per heavy atom. The van der Waals surface area contributed by atoms with E-state index in [1.807, 2.05) is 0 Å². The van der Waals surface area contributed by atoms with Crippen LogP contribution in [0.4, 0.5) is 0 Å². The molecule has 1 aliphatic rings. The Hall–Kier alpha value is -1.13. The zero-order valence-corrected chi connectivity index (χ0v) is 12.1. The molecule has 0 aromatic heterocycles. The minimum absolute atomic E-state index is 0.174. The molecular formula is C14H20ClNO3. The Balaban J connectivity index is 2.28. The molecule has 1 aliphatic heterocycles. The van der Waals surface area contributed by atoms with Crippen molar-refractivity contribution in [3.8, 4) is 17.2 Å². The molecule has 1 atom stereocenters. The summed E-state index contributed by atoms with van der Waals surface area (Å²) in [6, 6.07) is 1.57. The number of hydrogen-bond acceptors (Lipinski definition) is 4. The lowest BCUT2D eigenvalue weighted by Crippen LogP contribution is -2.30. The van der Waals surface area contributed by atoms with Crippen LogP contribution in [-0.2, 0) is 6.42 Å². The van der Waals surface area contributed by atoms with Crippen molar-refractivity contribution in [1.29, 1.82) is 0 Å². The van der Waals surface area contributed by atoms with Crippen LogP contribution in [0.2, 0.25) is 5.02 Å². The molecular weight excluding hydrogens is 266 g/mol. The number of ether oxygens (including phenoxy) is 2. The number of piperidine rings is 1. The standard InChI is InChI=1S/C14H20ClNO3/c1-18-12-7-11(17)10(13(15)14(12)19-2)6-9-4-3-5-16-8-9/h7,9,16-17H,3-6,8H2,1-2H3. The van der Waals surface area contributed by atoms with Crippen LogP contribution in [0, 0.1) is 5.92 Å². The van der Waals surface area contributed by atoms with Gasteiger partial charge in [-0.1, -0.05) is 11.6 Å². The molecule has 19 heavy (non-hydrogen) atoms. The summed E-state index contributed by atoms with van der Waals surface area (Å²) < 4.78 is 10.4. The van der Waals surface area contributed by atoms with E-state index >= 15 is 0 Å². The van der Waals surface area contributed by atoms with E-state index < -0.39 is 0 Å². The predicted octanol–water partition coefficient (Wildman–Crippen LogP) is 2.60. The monoisotopic (exact) mass is 285 g/mol. The van der Waals surface area contributed by atoms with Gasteiger partial charge in [-0.05, 0) is 38.3 Å². The number of methoxy groups -OCH3 is 2. The first-order chi connectivity index (χ1) is 9.17. The Labute approximate surface area is 118 Å². The summed E-state index contributed by atoms with van der Waals surface area (Å²) in [6.07, 6.45) is 3.06. The molecule has 1 heterocycles. The van der Waals surface area contributed by atoms with Crippen molar-refractivity contribution < 1.29 is 14.6 Å². The van der Waals surface area contributed by atoms with E-state index in [0.29, 0.717) is 22.4 Å². The predicted molar refractivity (Wildman–Crippen MR) is 75.5 cm³/mol. The largest absolute Gasteiger partial charge is 0.507 e. The number of phenols is 1. The SMILES string of the molecule is COc1cc(O)c(CC2CCCNC2)c(Cl)c1OC. The molecule has 0 aliphatic carbocycles. The quantitative estimate of drug-likeness (QED) is 0.893. The van der Waals surface area contributed by atoms with Crippen LogP contribution >= 0.6 is 11.6 Å². The molecule has 106 valence electrons. The third-order valence-corrected chi connectivity index (χ3v) is 3.98. The highest BCUT2D eigenvalue weighted by atomic mass is 35.5. The summed E-state index contributed by atoms with van der Waals surface area (Å²) in [5.74, 6) is 1.61. The number of aromatic hydroxyl groups is 1. The average molecular weight is 286 g/mol. The van der Waals surface area contributed by atoms with Gasteiger partial charge in [-0.15, -0.1) is 0 Å². The molecule has 0 saturated carbocycles. The molecule has 1 unspecified atom stereocenters. The second-order valence-corrected chi connectivity index (χ2v) is 5.22. The summed E-state index contributed by atoms with van der Waals surface area (Å²) in [6.45, 7) is 2.03. The Morgan fingerprint density at radius 2 is 2.21 bits per heavy atom. The van der Waals surface area contributed by atoms with E-state index in [2.05, 4.69) is 5.32 Å². The van der Waals surface area contributed by atoms with Crippen LogP contribution in [0.5, 0.6) is 17.2 Å². The van der Waals surface area contributed by atoms with Crippen LogP contribution in [0.15, 0.2) is 6.07 Å². The highest BCUT2D eigenvalue weighted by Crippen LogP contribution is 2.43. The van der Waals surface area contributed by atoms with Crippen LogP contribution in [0.25, 0.3) is 0 Å². The zero-order valence-electron chi connectivity index (χ0n) is 11.3. The van der Waals surface area contributed by atoms with Gasteiger partial charge in [-0.25, -0.2) is 0 Å². The van der Waals surface area contributed by atoms with Gasteiger partial charge in [0.1, 0.15) is 5.75 Å². The molecule has 4 nitrogen and oxygen atoms in total. The van der Waals surface area contributed by atoms with Crippen LogP contribution in [0.1, 0.15) is 18.4 Å². The van der Waals surface area contributed by atoms with E-state index in [9.17, 15) is 5.11 Å². The third-order valence-electron chi connectivity index (χ3n) is 3.58. The maximum absolute atomic E-state index is 10.1. The topological polar surface area (TPSA) is 50.7 Å². The van der Waals surface area contributed by atoms with Crippen LogP contribution < -0.4 is 14.8 Å². The first-order valence-electron chi connectivity index (χ1n) is 6.50. The van der Waals surface area contributed by atoms with Crippen molar-refractivity contribution >= 4 is 11.6 Å². The van der Waals surface area contributed by atoms with E-state index in [1.165, 1.54) is 7.11 Å². The fourth-order valence-electron chi connectivity index (χ4n) is 2.56. The number of nitrogens with one attached hydrogen (secondary N) is 1.